The molecule has 0 aliphatic rings. The monoisotopic (exact) mass is 294 g/mol. The Balaban J connectivity index is 2.15. The molecule has 0 saturated heterocycles. The molecule has 0 unspecified atom stereocenters. The zero-order valence-electron chi connectivity index (χ0n) is 12.8. The zero-order valence-corrected chi connectivity index (χ0v) is 12.8. The first kappa shape index (κ1) is 14.4. The number of rotatable bonds is 4. The van der Waals surface area contributed by atoms with Crippen LogP contribution in [0.4, 0.5) is 0 Å². The van der Waals surface area contributed by atoms with E-state index in [1.165, 1.54) is 6.26 Å². The molecule has 0 saturated carbocycles. The van der Waals surface area contributed by atoms with E-state index in [0.29, 0.717) is 23.1 Å². The number of ether oxygens (including phenoxy) is 1. The lowest BCUT2D eigenvalue weighted by molar-refractivity contribution is 0.315. The SMILES string of the molecule is CCCOc1ccc2c(=O)c(-c3ccccc3)coc2c1C. The highest BCUT2D eigenvalue weighted by atomic mass is 16.5. The van der Waals surface area contributed by atoms with Crippen molar-refractivity contribution >= 4 is 11.0 Å². The molecule has 0 bridgehead atoms. The fourth-order valence-electron chi connectivity index (χ4n) is 2.51. The van der Waals surface area contributed by atoms with Gasteiger partial charge in [0.1, 0.15) is 17.6 Å². The van der Waals surface area contributed by atoms with E-state index in [0.717, 1.165) is 23.3 Å². The standard InChI is InChI=1S/C19H18O3/c1-3-11-21-17-10-9-15-18(20)16(12-22-19(15)13(17)2)14-7-5-4-6-8-14/h4-10,12H,3,11H2,1-2H3. The summed E-state index contributed by atoms with van der Waals surface area (Å²) < 4.78 is 11.4. The molecule has 112 valence electrons. The van der Waals surface area contributed by atoms with E-state index in [9.17, 15) is 4.79 Å². The molecule has 1 heterocycles. The molecule has 1 aromatic heterocycles. The van der Waals surface area contributed by atoms with E-state index in [2.05, 4.69) is 6.92 Å². The number of hydrogen-bond acceptors (Lipinski definition) is 3. The molecule has 0 amide bonds. The molecular formula is C19H18O3. The van der Waals surface area contributed by atoms with E-state index in [-0.39, 0.29) is 5.43 Å². The summed E-state index contributed by atoms with van der Waals surface area (Å²) in [4.78, 5) is 12.7. The van der Waals surface area contributed by atoms with Crippen molar-refractivity contribution in [3.05, 3.63) is 64.5 Å². The fourth-order valence-corrected chi connectivity index (χ4v) is 2.51. The molecule has 22 heavy (non-hydrogen) atoms. The van der Waals surface area contributed by atoms with Crippen LogP contribution in [-0.4, -0.2) is 6.61 Å². The maximum absolute atomic E-state index is 12.7. The van der Waals surface area contributed by atoms with Gasteiger partial charge in [0.25, 0.3) is 0 Å². The van der Waals surface area contributed by atoms with Gasteiger partial charge >= 0.3 is 0 Å². The second kappa shape index (κ2) is 6.06. The topological polar surface area (TPSA) is 39.4 Å². The van der Waals surface area contributed by atoms with Crippen LogP contribution in [-0.2, 0) is 0 Å². The van der Waals surface area contributed by atoms with Crippen LogP contribution in [0.2, 0.25) is 0 Å². The van der Waals surface area contributed by atoms with Crippen LogP contribution in [0.5, 0.6) is 5.75 Å². The maximum atomic E-state index is 12.7. The largest absolute Gasteiger partial charge is 0.493 e. The molecule has 0 aliphatic carbocycles. The lowest BCUT2D eigenvalue weighted by Gasteiger charge is -2.10. The molecule has 3 nitrogen and oxygen atoms in total. The lowest BCUT2D eigenvalue weighted by atomic mass is 10.0. The third kappa shape index (κ3) is 2.50. The molecular weight excluding hydrogens is 276 g/mol. The zero-order chi connectivity index (χ0) is 15.5. The normalized spacial score (nSPS) is 10.8. The summed E-state index contributed by atoms with van der Waals surface area (Å²) >= 11 is 0. The van der Waals surface area contributed by atoms with Crippen LogP contribution in [0.1, 0.15) is 18.9 Å². The highest BCUT2D eigenvalue weighted by Crippen LogP contribution is 2.28. The van der Waals surface area contributed by atoms with Crippen LogP contribution in [0.25, 0.3) is 22.1 Å². The number of fused-ring (bicyclic) bond motifs is 1. The van der Waals surface area contributed by atoms with Crippen molar-refractivity contribution in [1.29, 1.82) is 0 Å². The Bertz CT molecular complexity index is 848. The number of benzene rings is 2. The third-order valence-corrected chi connectivity index (χ3v) is 3.69. The summed E-state index contributed by atoms with van der Waals surface area (Å²) in [6.45, 7) is 4.62. The van der Waals surface area contributed by atoms with Gasteiger partial charge in [-0.05, 0) is 31.0 Å². The van der Waals surface area contributed by atoms with Crippen molar-refractivity contribution in [1.82, 2.24) is 0 Å². The molecule has 3 rings (SSSR count). The van der Waals surface area contributed by atoms with Gasteiger partial charge in [0.15, 0.2) is 0 Å². The number of hydrogen-bond donors (Lipinski definition) is 0. The molecule has 3 heteroatoms. The predicted octanol–water partition coefficient (Wildman–Crippen LogP) is 4.56. The minimum absolute atomic E-state index is 0.0161. The minimum Gasteiger partial charge on any atom is -0.493 e. The first-order valence-electron chi connectivity index (χ1n) is 7.45. The van der Waals surface area contributed by atoms with Crippen LogP contribution in [0.15, 0.2) is 57.9 Å². The Labute approximate surface area is 129 Å². The van der Waals surface area contributed by atoms with Gasteiger partial charge in [0.2, 0.25) is 5.43 Å². The second-order valence-corrected chi connectivity index (χ2v) is 5.26. The Hall–Kier alpha value is -2.55. The molecule has 0 aliphatic heterocycles. The van der Waals surface area contributed by atoms with Gasteiger partial charge in [-0.15, -0.1) is 0 Å². The predicted molar refractivity (Wildman–Crippen MR) is 88.4 cm³/mol. The average molecular weight is 294 g/mol. The van der Waals surface area contributed by atoms with Gasteiger partial charge in [-0.2, -0.15) is 0 Å². The fraction of sp³-hybridized carbons (Fsp3) is 0.211. The number of aryl methyl sites for hydroxylation is 1. The van der Waals surface area contributed by atoms with Crippen molar-refractivity contribution in [3.8, 4) is 16.9 Å². The van der Waals surface area contributed by atoms with Crippen molar-refractivity contribution in [2.24, 2.45) is 0 Å². The van der Waals surface area contributed by atoms with Gasteiger partial charge in [-0.1, -0.05) is 37.3 Å². The summed E-state index contributed by atoms with van der Waals surface area (Å²) in [5, 5.41) is 0.586. The molecule has 0 atom stereocenters. The van der Waals surface area contributed by atoms with E-state index in [1.807, 2.05) is 43.3 Å². The second-order valence-electron chi connectivity index (χ2n) is 5.26. The van der Waals surface area contributed by atoms with E-state index in [4.69, 9.17) is 9.15 Å². The quantitative estimate of drug-likeness (QED) is 0.708. The van der Waals surface area contributed by atoms with Gasteiger partial charge in [-0.3, -0.25) is 4.79 Å². The Morgan fingerprint density at radius 3 is 2.59 bits per heavy atom. The van der Waals surface area contributed by atoms with Crippen molar-refractivity contribution < 1.29 is 9.15 Å². The maximum Gasteiger partial charge on any atom is 0.200 e. The van der Waals surface area contributed by atoms with E-state index < -0.39 is 0 Å². The van der Waals surface area contributed by atoms with Gasteiger partial charge in [-0.25, -0.2) is 0 Å². The Morgan fingerprint density at radius 2 is 1.86 bits per heavy atom. The minimum atomic E-state index is -0.0161. The third-order valence-electron chi connectivity index (χ3n) is 3.69. The van der Waals surface area contributed by atoms with Crippen LogP contribution in [0.3, 0.4) is 0 Å². The molecule has 3 aromatic rings. The van der Waals surface area contributed by atoms with Crippen LogP contribution < -0.4 is 10.2 Å². The van der Waals surface area contributed by atoms with Crippen LogP contribution in [0, 0.1) is 6.92 Å². The van der Waals surface area contributed by atoms with Crippen LogP contribution >= 0.6 is 0 Å². The van der Waals surface area contributed by atoms with Crippen molar-refractivity contribution in [3.63, 3.8) is 0 Å². The van der Waals surface area contributed by atoms with Gasteiger partial charge in [0, 0.05) is 5.56 Å². The smallest absolute Gasteiger partial charge is 0.200 e. The highest BCUT2D eigenvalue weighted by molar-refractivity contribution is 5.85. The Kier molecular flexibility index (Phi) is 3.96. The molecule has 0 spiro atoms. The van der Waals surface area contributed by atoms with Gasteiger partial charge < -0.3 is 9.15 Å². The first-order chi connectivity index (χ1) is 10.7. The Morgan fingerprint density at radius 1 is 1.09 bits per heavy atom. The summed E-state index contributed by atoms with van der Waals surface area (Å²) in [5.41, 5.74) is 2.88. The molecule has 0 radical (unpaired) electrons. The van der Waals surface area contributed by atoms with E-state index in [1.54, 1.807) is 6.07 Å². The summed E-state index contributed by atoms with van der Waals surface area (Å²) in [6.07, 6.45) is 2.48. The first-order valence-corrected chi connectivity index (χ1v) is 7.45. The molecule has 2 aromatic carbocycles. The molecule has 0 fully saturated rings. The summed E-state index contributed by atoms with van der Waals surface area (Å²) in [6, 6.07) is 13.2. The van der Waals surface area contributed by atoms with Crippen molar-refractivity contribution in [2.45, 2.75) is 20.3 Å². The van der Waals surface area contributed by atoms with Crippen molar-refractivity contribution in [2.75, 3.05) is 6.61 Å². The summed E-state index contributed by atoms with van der Waals surface area (Å²) in [5.74, 6) is 0.768. The molecule has 0 N–H and O–H groups in total. The van der Waals surface area contributed by atoms with E-state index >= 15 is 0 Å². The van der Waals surface area contributed by atoms with Gasteiger partial charge in [0.05, 0.1) is 17.6 Å². The lowest BCUT2D eigenvalue weighted by Crippen LogP contribution is -2.06. The average Bonchev–Trinajstić information content (AvgIpc) is 2.56. The highest BCUT2D eigenvalue weighted by Gasteiger charge is 2.13. The summed E-state index contributed by atoms with van der Waals surface area (Å²) in [7, 11) is 0.